The van der Waals surface area contributed by atoms with Crippen molar-refractivity contribution in [2.24, 2.45) is 0 Å². The Morgan fingerprint density at radius 2 is 1.92 bits per heavy atom. The molecule has 9 heteroatoms. The highest BCUT2D eigenvalue weighted by atomic mass is 16.5. The van der Waals surface area contributed by atoms with E-state index in [4.69, 9.17) is 23.5 Å². The number of rotatable bonds is 11. The number of morpholine rings is 1. The number of nitrogens with one attached hydrogen (secondary N) is 1. The van der Waals surface area contributed by atoms with E-state index in [9.17, 15) is 4.79 Å². The third-order valence-electron chi connectivity index (χ3n) is 6.11. The van der Waals surface area contributed by atoms with Crippen molar-refractivity contribution in [3.05, 3.63) is 70.6 Å². The highest BCUT2D eigenvalue weighted by Crippen LogP contribution is 2.29. The van der Waals surface area contributed by atoms with Gasteiger partial charge in [0.25, 0.3) is 5.91 Å². The molecule has 0 spiro atoms. The standard InChI is InChI=1S/C27H33N3O6/c1-19-24(20(2)36-29-19)18-35-25-8-7-22(16-26(25)32-3)27(31)28-17-21-5-4-6-23(15-21)34-14-11-30-9-12-33-13-10-30/h4-8,15-16H,9-14,17-18H2,1-3H3,(H,28,31). The molecule has 1 saturated heterocycles. The third-order valence-corrected chi connectivity index (χ3v) is 6.11. The predicted molar refractivity (Wildman–Crippen MR) is 134 cm³/mol. The lowest BCUT2D eigenvalue weighted by atomic mass is 10.1. The largest absolute Gasteiger partial charge is 0.493 e. The summed E-state index contributed by atoms with van der Waals surface area (Å²) in [7, 11) is 1.55. The summed E-state index contributed by atoms with van der Waals surface area (Å²) in [5.41, 5.74) is 3.12. The first-order valence-corrected chi connectivity index (χ1v) is 12.1. The zero-order valence-corrected chi connectivity index (χ0v) is 21.0. The number of ether oxygens (including phenoxy) is 4. The van der Waals surface area contributed by atoms with Gasteiger partial charge in [-0.05, 0) is 49.7 Å². The Morgan fingerprint density at radius 3 is 2.67 bits per heavy atom. The maximum atomic E-state index is 12.8. The van der Waals surface area contributed by atoms with E-state index in [2.05, 4.69) is 15.4 Å². The number of carbonyl (C=O) groups is 1. The molecule has 0 saturated carbocycles. The minimum atomic E-state index is -0.204. The van der Waals surface area contributed by atoms with Crippen molar-refractivity contribution < 1.29 is 28.3 Å². The maximum Gasteiger partial charge on any atom is 0.251 e. The molecule has 1 aromatic heterocycles. The van der Waals surface area contributed by atoms with Gasteiger partial charge in [0.2, 0.25) is 0 Å². The molecule has 1 aliphatic rings. The monoisotopic (exact) mass is 495 g/mol. The minimum Gasteiger partial charge on any atom is -0.493 e. The number of nitrogens with zero attached hydrogens (tertiary/aromatic N) is 2. The molecule has 0 radical (unpaired) electrons. The second kappa shape index (κ2) is 12.4. The summed E-state index contributed by atoms with van der Waals surface area (Å²) in [6.45, 7) is 9.30. The second-order valence-corrected chi connectivity index (χ2v) is 8.59. The van der Waals surface area contributed by atoms with E-state index in [1.807, 2.05) is 38.1 Å². The smallest absolute Gasteiger partial charge is 0.251 e. The van der Waals surface area contributed by atoms with Crippen molar-refractivity contribution in [1.82, 2.24) is 15.4 Å². The SMILES string of the molecule is COc1cc(C(=O)NCc2cccc(OCCN3CCOCC3)c2)ccc1OCc1c(C)noc1C. The number of carbonyl (C=O) groups excluding carboxylic acids is 1. The molecule has 9 nitrogen and oxygen atoms in total. The van der Waals surface area contributed by atoms with Gasteiger partial charge in [-0.1, -0.05) is 17.3 Å². The summed E-state index contributed by atoms with van der Waals surface area (Å²) in [5, 5.41) is 6.90. The fourth-order valence-electron chi connectivity index (χ4n) is 3.93. The molecule has 0 unspecified atom stereocenters. The van der Waals surface area contributed by atoms with Gasteiger partial charge < -0.3 is 28.8 Å². The number of benzene rings is 2. The van der Waals surface area contributed by atoms with Crippen LogP contribution in [0, 0.1) is 13.8 Å². The molecule has 0 atom stereocenters. The van der Waals surface area contributed by atoms with E-state index in [1.54, 1.807) is 25.3 Å². The number of hydrogen-bond acceptors (Lipinski definition) is 8. The van der Waals surface area contributed by atoms with Gasteiger partial charge in [0, 0.05) is 31.7 Å². The van der Waals surface area contributed by atoms with Crippen LogP contribution in [0.2, 0.25) is 0 Å². The summed E-state index contributed by atoms with van der Waals surface area (Å²) in [4.78, 5) is 15.1. The van der Waals surface area contributed by atoms with E-state index in [-0.39, 0.29) is 5.91 Å². The molecule has 2 heterocycles. The van der Waals surface area contributed by atoms with E-state index in [1.165, 1.54) is 0 Å². The number of amides is 1. The van der Waals surface area contributed by atoms with Gasteiger partial charge >= 0.3 is 0 Å². The van der Waals surface area contributed by atoms with Gasteiger partial charge in [-0.2, -0.15) is 0 Å². The van der Waals surface area contributed by atoms with Crippen LogP contribution in [0.15, 0.2) is 47.0 Å². The third kappa shape index (κ3) is 6.77. The Hall–Kier alpha value is -3.56. The minimum absolute atomic E-state index is 0.204. The average molecular weight is 496 g/mol. The Labute approximate surface area is 211 Å². The van der Waals surface area contributed by atoms with Gasteiger partial charge in [-0.15, -0.1) is 0 Å². The molecule has 1 amide bonds. The zero-order valence-electron chi connectivity index (χ0n) is 21.0. The van der Waals surface area contributed by atoms with Crippen LogP contribution in [0.5, 0.6) is 17.2 Å². The van der Waals surface area contributed by atoms with Crippen molar-refractivity contribution in [3.8, 4) is 17.2 Å². The Morgan fingerprint density at radius 1 is 1.08 bits per heavy atom. The van der Waals surface area contributed by atoms with Crippen LogP contribution >= 0.6 is 0 Å². The zero-order chi connectivity index (χ0) is 25.3. The van der Waals surface area contributed by atoms with Crippen molar-refractivity contribution in [3.63, 3.8) is 0 Å². The molecule has 192 valence electrons. The van der Waals surface area contributed by atoms with E-state index in [0.29, 0.717) is 42.6 Å². The van der Waals surface area contributed by atoms with Crippen LogP contribution in [-0.4, -0.2) is 62.5 Å². The van der Waals surface area contributed by atoms with Crippen LogP contribution in [-0.2, 0) is 17.9 Å². The lowest BCUT2D eigenvalue weighted by Crippen LogP contribution is -2.38. The summed E-state index contributed by atoms with van der Waals surface area (Å²) >= 11 is 0. The topological polar surface area (TPSA) is 95.3 Å². The lowest BCUT2D eigenvalue weighted by molar-refractivity contribution is 0.0322. The van der Waals surface area contributed by atoms with E-state index >= 15 is 0 Å². The molecule has 1 N–H and O–H groups in total. The summed E-state index contributed by atoms with van der Waals surface area (Å²) in [6, 6.07) is 12.9. The van der Waals surface area contributed by atoms with Crippen LogP contribution in [0.3, 0.4) is 0 Å². The van der Waals surface area contributed by atoms with Gasteiger partial charge in [-0.25, -0.2) is 0 Å². The number of methoxy groups -OCH3 is 1. The predicted octanol–water partition coefficient (Wildman–Crippen LogP) is 3.52. The quantitative estimate of drug-likeness (QED) is 0.432. The summed E-state index contributed by atoms with van der Waals surface area (Å²) in [6.07, 6.45) is 0. The van der Waals surface area contributed by atoms with E-state index < -0.39 is 0 Å². The number of aryl methyl sites for hydroxylation is 2. The first kappa shape index (κ1) is 25.5. The molecule has 2 aromatic carbocycles. The van der Waals surface area contributed by atoms with Crippen LogP contribution in [0.1, 0.15) is 32.9 Å². The number of aromatic nitrogens is 1. The normalized spacial score (nSPS) is 13.9. The second-order valence-electron chi connectivity index (χ2n) is 8.59. The molecule has 0 aliphatic carbocycles. The van der Waals surface area contributed by atoms with Gasteiger partial charge in [0.1, 0.15) is 24.7 Å². The molecular formula is C27H33N3O6. The first-order chi connectivity index (χ1) is 17.5. The van der Waals surface area contributed by atoms with Crippen molar-refractivity contribution >= 4 is 5.91 Å². The fraction of sp³-hybridized carbons (Fsp3) is 0.407. The first-order valence-electron chi connectivity index (χ1n) is 12.1. The average Bonchev–Trinajstić information content (AvgIpc) is 3.23. The van der Waals surface area contributed by atoms with Crippen LogP contribution < -0.4 is 19.5 Å². The van der Waals surface area contributed by atoms with Gasteiger partial charge in [0.05, 0.1) is 31.6 Å². The molecule has 36 heavy (non-hydrogen) atoms. The lowest BCUT2D eigenvalue weighted by Gasteiger charge is -2.26. The van der Waals surface area contributed by atoms with Crippen LogP contribution in [0.4, 0.5) is 0 Å². The fourth-order valence-corrected chi connectivity index (χ4v) is 3.93. The van der Waals surface area contributed by atoms with E-state index in [0.717, 1.165) is 55.4 Å². The molecule has 3 aromatic rings. The Balaban J connectivity index is 1.29. The summed E-state index contributed by atoms with van der Waals surface area (Å²) in [5.74, 6) is 2.32. The maximum absolute atomic E-state index is 12.8. The van der Waals surface area contributed by atoms with Crippen molar-refractivity contribution in [1.29, 1.82) is 0 Å². The summed E-state index contributed by atoms with van der Waals surface area (Å²) < 4.78 is 27.8. The Bertz CT molecular complexity index is 1140. The molecular weight excluding hydrogens is 462 g/mol. The molecule has 1 fully saturated rings. The number of hydrogen-bond donors (Lipinski definition) is 1. The molecule has 1 aliphatic heterocycles. The molecule has 4 rings (SSSR count). The van der Waals surface area contributed by atoms with Gasteiger partial charge in [0.15, 0.2) is 11.5 Å². The van der Waals surface area contributed by atoms with Crippen molar-refractivity contribution in [2.45, 2.75) is 27.0 Å². The highest BCUT2D eigenvalue weighted by molar-refractivity contribution is 5.94. The van der Waals surface area contributed by atoms with Crippen LogP contribution in [0.25, 0.3) is 0 Å². The Kier molecular flexibility index (Phi) is 8.80. The van der Waals surface area contributed by atoms with Gasteiger partial charge in [-0.3, -0.25) is 9.69 Å². The molecule has 0 bridgehead atoms. The van der Waals surface area contributed by atoms with Crippen molar-refractivity contribution in [2.75, 3.05) is 46.6 Å². The highest BCUT2D eigenvalue weighted by Gasteiger charge is 2.15.